The molecule has 4 N–H and O–H groups in total. The number of aromatic nitrogens is 2. The average Bonchev–Trinajstić information content (AvgIpc) is 2.61. The Balaban J connectivity index is 2.42. The third kappa shape index (κ3) is 2.17. The Kier molecular flexibility index (Phi) is 3.74. The Bertz CT molecular complexity index is 554. The van der Waals surface area contributed by atoms with Gasteiger partial charge in [0.25, 0.3) is 0 Å². The van der Waals surface area contributed by atoms with Gasteiger partial charge in [-0.15, -0.1) is 0 Å². The molecule has 0 aromatic carbocycles. The van der Waals surface area contributed by atoms with Gasteiger partial charge in [0.1, 0.15) is 0 Å². The number of hydrogen-bond acceptors (Lipinski definition) is 5. The molecule has 2 heterocycles. The van der Waals surface area contributed by atoms with E-state index in [9.17, 15) is 19.8 Å². The van der Waals surface area contributed by atoms with Crippen molar-refractivity contribution >= 4 is 15.0 Å². The standard InChI is InChI=1S/C10H14N2O5Se/c1-4-2-12(10(17)11-8(4)16)9-7(15)6(14)5(3-13)18-9/h2,5-7,9,13-15H,3H2,1H3,(H,11,16,17)/t5-,6+,7+,9-/m1/s1. The molecule has 0 amide bonds. The average molecular weight is 321 g/mol. The quantitative estimate of drug-likeness (QED) is 0.452. The van der Waals surface area contributed by atoms with Gasteiger partial charge in [0.05, 0.1) is 0 Å². The molecule has 0 saturated carbocycles. The van der Waals surface area contributed by atoms with Crippen molar-refractivity contribution in [1.29, 1.82) is 0 Å². The minimum absolute atomic E-state index is 0.230. The molecule has 0 spiro atoms. The summed E-state index contributed by atoms with van der Waals surface area (Å²) in [5, 5.41) is 28.7. The first-order valence-corrected chi connectivity index (χ1v) is 7.38. The minimum atomic E-state index is -1.11. The van der Waals surface area contributed by atoms with E-state index in [0.717, 1.165) is 0 Å². The molecule has 8 heteroatoms. The van der Waals surface area contributed by atoms with Crippen molar-refractivity contribution in [2.24, 2.45) is 0 Å². The Morgan fingerprint density at radius 2 is 2.06 bits per heavy atom. The molecule has 1 aliphatic rings. The van der Waals surface area contributed by atoms with E-state index < -0.39 is 33.2 Å². The first kappa shape index (κ1) is 13.5. The van der Waals surface area contributed by atoms with Crippen molar-refractivity contribution in [2.45, 2.75) is 28.9 Å². The summed E-state index contributed by atoms with van der Waals surface area (Å²) in [6.45, 7) is 1.33. The molecule has 4 atom stereocenters. The van der Waals surface area contributed by atoms with Crippen molar-refractivity contribution in [2.75, 3.05) is 6.61 Å². The molecular formula is C10H14N2O5Se. The Hall–Kier alpha value is -0.921. The Morgan fingerprint density at radius 1 is 1.39 bits per heavy atom. The molecule has 0 radical (unpaired) electrons. The Morgan fingerprint density at radius 3 is 2.61 bits per heavy atom. The first-order valence-electron chi connectivity index (χ1n) is 5.40. The molecule has 7 nitrogen and oxygen atoms in total. The van der Waals surface area contributed by atoms with Gasteiger partial charge in [-0.2, -0.15) is 0 Å². The number of hydrogen-bond donors (Lipinski definition) is 4. The van der Waals surface area contributed by atoms with Crippen LogP contribution in [0.5, 0.6) is 0 Å². The van der Waals surface area contributed by atoms with Crippen molar-refractivity contribution in [3.63, 3.8) is 0 Å². The predicted molar refractivity (Wildman–Crippen MR) is 63.7 cm³/mol. The molecule has 0 unspecified atom stereocenters. The fourth-order valence-electron chi connectivity index (χ4n) is 1.88. The summed E-state index contributed by atoms with van der Waals surface area (Å²) in [7, 11) is 0. The molecular weight excluding hydrogens is 307 g/mol. The number of nitrogens with zero attached hydrogens (tertiary/aromatic N) is 1. The summed E-state index contributed by atoms with van der Waals surface area (Å²) in [6, 6.07) is 0. The van der Waals surface area contributed by atoms with E-state index in [1.807, 2.05) is 0 Å². The van der Waals surface area contributed by atoms with Gasteiger partial charge in [0.2, 0.25) is 0 Å². The molecule has 1 aliphatic heterocycles. The van der Waals surface area contributed by atoms with Crippen LogP contribution in [0.1, 0.15) is 10.5 Å². The van der Waals surface area contributed by atoms with E-state index in [0.29, 0.717) is 5.56 Å². The topological polar surface area (TPSA) is 116 Å². The van der Waals surface area contributed by atoms with Gasteiger partial charge in [0.15, 0.2) is 0 Å². The maximum absolute atomic E-state index is 11.7. The fourth-order valence-corrected chi connectivity index (χ4v) is 4.77. The molecule has 18 heavy (non-hydrogen) atoms. The SMILES string of the molecule is Cc1cn([C@@H]2[Se][C@H](CO)[C@H](O)[C@@H]2O)c(=O)[nH]c1=O. The summed E-state index contributed by atoms with van der Waals surface area (Å²) in [5.41, 5.74) is -0.711. The number of aromatic amines is 1. The fraction of sp³-hybridized carbons (Fsp3) is 0.600. The second kappa shape index (κ2) is 4.99. The Labute approximate surface area is 108 Å². The van der Waals surface area contributed by atoms with Crippen molar-refractivity contribution in [3.05, 3.63) is 32.6 Å². The van der Waals surface area contributed by atoms with E-state index >= 15 is 0 Å². The molecule has 100 valence electrons. The monoisotopic (exact) mass is 322 g/mol. The molecule has 1 fully saturated rings. The van der Waals surface area contributed by atoms with Crippen LogP contribution in [-0.4, -0.2) is 58.6 Å². The number of nitrogens with one attached hydrogen (secondary N) is 1. The van der Waals surface area contributed by atoms with Crippen LogP contribution in [0.2, 0.25) is 4.82 Å². The molecule has 1 aromatic heterocycles. The number of aliphatic hydroxyl groups is 3. The van der Waals surface area contributed by atoms with E-state index in [1.165, 1.54) is 10.8 Å². The van der Waals surface area contributed by atoms with Crippen LogP contribution in [0.15, 0.2) is 15.8 Å². The number of rotatable bonds is 2. The van der Waals surface area contributed by atoms with Crippen molar-refractivity contribution in [1.82, 2.24) is 9.55 Å². The van der Waals surface area contributed by atoms with Gasteiger partial charge < -0.3 is 0 Å². The van der Waals surface area contributed by atoms with Crippen LogP contribution < -0.4 is 11.2 Å². The third-order valence-corrected chi connectivity index (χ3v) is 6.22. The van der Waals surface area contributed by atoms with Crippen LogP contribution in [0, 0.1) is 6.92 Å². The second-order valence-electron chi connectivity index (χ2n) is 4.21. The van der Waals surface area contributed by atoms with Gasteiger partial charge in [-0.25, -0.2) is 0 Å². The number of aryl methyl sites for hydroxylation is 1. The van der Waals surface area contributed by atoms with E-state index in [2.05, 4.69) is 4.98 Å². The summed E-state index contributed by atoms with van der Waals surface area (Å²) >= 11 is -0.331. The summed E-state index contributed by atoms with van der Waals surface area (Å²) in [6.07, 6.45) is -0.771. The van der Waals surface area contributed by atoms with Gasteiger partial charge in [-0.3, -0.25) is 0 Å². The number of aliphatic hydroxyl groups excluding tert-OH is 3. The van der Waals surface area contributed by atoms with Crippen LogP contribution in [0.25, 0.3) is 0 Å². The van der Waals surface area contributed by atoms with E-state index in [1.54, 1.807) is 6.92 Å². The zero-order valence-electron chi connectivity index (χ0n) is 9.61. The molecule has 2 rings (SSSR count). The summed E-state index contributed by atoms with van der Waals surface area (Å²) < 4.78 is 1.24. The van der Waals surface area contributed by atoms with Crippen LogP contribution >= 0.6 is 0 Å². The van der Waals surface area contributed by atoms with Gasteiger partial charge in [0, 0.05) is 0 Å². The second-order valence-corrected chi connectivity index (χ2v) is 7.06. The zero-order valence-corrected chi connectivity index (χ0v) is 11.3. The van der Waals surface area contributed by atoms with Crippen LogP contribution in [0.4, 0.5) is 0 Å². The van der Waals surface area contributed by atoms with Gasteiger partial charge in [-0.05, 0) is 0 Å². The predicted octanol–water partition coefficient (Wildman–Crippen LogP) is -2.44. The zero-order chi connectivity index (χ0) is 13.4. The normalized spacial score (nSPS) is 31.8. The molecule has 0 bridgehead atoms. The van der Waals surface area contributed by atoms with E-state index in [4.69, 9.17) is 5.11 Å². The first-order chi connectivity index (χ1) is 8.45. The van der Waals surface area contributed by atoms with Gasteiger partial charge in [-0.1, -0.05) is 0 Å². The van der Waals surface area contributed by atoms with Crippen molar-refractivity contribution < 1.29 is 15.3 Å². The molecule has 1 saturated heterocycles. The van der Waals surface area contributed by atoms with Crippen LogP contribution in [0.3, 0.4) is 0 Å². The molecule has 1 aromatic rings. The summed E-state index contributed by atoms with van der Waals surface area (Å²) in [4.78, 5) is 24.1. The maximum atomic E-state index is 11.7. The molecule has 0 aliphatic carbocycles. The summed E-state index contributed by atoms with van der Waals surface area (Å²) in [5.74, 6) is 0. The van der Waals surface area contributed by atoms with E-state index in [-0.39, 0.29) is 21.6 Å². The third-order valence-electron chi connectivity index (χ3n) is 2.94. The van der Waals surface area contributed by atoms with Crippen LogP contribution in [-0.2, 0) is 0 Å². The van der Waals surface area contributed by atoms with Crippen molar-refractivity contribution in [3.8, 4) is 0 Å². The van der Waals surface area contributed by atoms with Gasteiger partial charge >= 0.3 is 108 Å². The number of H-pyrrole nitrogens is 1.